The Bertz CT molecular complexity index is 3800. The van der Waals surface area contributed by atoms with Gasteiger partial charge in [-0.25, -0.2) is 0 Å². The topological polar surface area (TPSA) is 347 Å². The predicted octanol–water partition coefficient (Wildman–Crippen LogP) is 21.8. The lowest BCUT2D eigenvalue weighted by Gasteiger charge is -2.61. The van der Waals surface area contributed by atoms with Crippen molar-refractivity contribution >= 4 is 59.7 Å². The average molecular weight is 1840 g/mol. The number of aliphatic carboxylic acids is 2. The first kappa shape index (κ1) is 109. The molecule has 20 fully saturated rings. The molecule has 3 N–H and O–H groups in total. The summed E-state index contributed by atoms with van der Waals surface area (Å²) >= 11 is 0. The molecule has 746 valence electrons. The highest BCUT2D eigenvalue weighted by Gasteiger charge is 2.68. The van der Waals surface area contributed by atoms with Crippen LogP contribution in [-0.2, 0) is 95.3 Å². The number of rotatable bonds is 24. The van der Waals surface area contributed by atoms with Crippen LogP contribution in [-0.4, -0.2) is 152 Å². The second-order valence-electron chi connectivity index (χ2n) is 49.8. The van der Waals surface area contributed by atoms with Gasteiger partial charge in [-0.2, -0.15) is 5.26 Å². The lowest BCUT2D eigenvalue weighted by molar-refractivity contribution is -0.225. The van der Waals surface area contributed by atoms with Crippen molar-refractivity contribution in [1.29, 1.82) is 5.26 Å². The third-order valence-corrected chi connectivity index (χ3v) is 36.1. The molecular weight excluding hydrogens is 1670 g/mol. The van der Waals surface area contributed by atoms with Gasteiger partial charge in [-0.3, -0.25) is 47.9 Å². The van der Waals surface area contributed by atoms with Gasteiger partial charge in [0.25, 0.3) is 0 Å². The molecule has 6 aliphatic heterocycles. The fraction of sp³-hybridized carbons (Fsp3) is 0.897. The highest BCUT2D eigenvalue weighted by molar-refractivity contribution is 5.81. The van der Waals surface area contributed by atoms with E-state index in [-0.39, 0.29) is 134 Å². The van der Waals surface area contributed by atoms with Crippen molar-refractivity contribution in [2.24, 2.45) is 125 Å². The number of aliphatic hydroxyl groups is 1. The first-order valence-electron chi connectivity index (χ1n) is 51.0. The van der Waals surface area contributed by atoms with Crippen molar-refractivity contribution in [3.05, 3.63) is 0 Å². The number of carboxylic acid groups (broad SMARTS) is 2. The maximum atomic E-state index is 12.6. The van der Waals surface area contributed by atoms with E-state index in [1.165, 1.54) is 110 Å². The molecule has 0 aromatic heterocycles. The van der Waals surface area contributed by atoms with Crippen LogP contribution < -0.4 is 0 Å². The van der Waals surface area contributed by atoms with Gasteiger partial charge in [0.15, 0.2) is 24.4 Å². The SMILES string of the molecule is CC#N.CCC(C)(C)C(=O)O.CCC(C)(C)C(=O)O.CCC(C)(C)C(=O)OC(C)(C)C12CC3CC(CC(C3)C1)C2.CCC(C)(C)C(=O)OC(C)(C)C12CC3CC(CC(C3)C1)C2.CCC(C)(C)C(=O)OC12CC3CC(CC(O)(C3)C1)C2.CCC(C)(C)C(=O)OC1C2CC3C(=O)OC1C3O2.CCC(C)(C)C(=O)OC1C2CC3C(=O)OC1C3O2.CCC(C)(C)C(=O)OC1CC2CCC1C2. The molecule has 15 unspecified atom stereocenters. The molecule has 18 bridgehead atoms. The molecule has 6 saturated heterocycles. The maximum absolute atomic E-state index is 12.6. The summed E-state index contributed by atoms with van der Waals surface area (Å²) in [5, 5.41) is 34.9. The first-order valence-corrected chi connectivity index (χ1v) is 51.0. The van der Waals surface area contributed by atoms with E-state index >= 15 is 0 Å². The number of nitriles is 1. The first-order chi connectivity index (χ1) is 60.4. The molecule has 0 aromatic rings. The van der Waals surface area contributed by atoms with Crippen LogP contribution in [0.3, 0.4) is 0 Å². The molecule has 24 heteroatoms. The Morgan fingerprint density at radius 2 is 0.656 bits per heavy atom. The van der Waals surface area contributed by atoms with Gasteiger partial charge < -0.3 is 62.7 Å². The molecule has 20 rings (SSSR count). The van der Waals surface area contributed by atoms with Crippen LogP contribution in [0.15, 0.2) is 0 Å². The van der Waals surface area contributed by atoms with Crippen LogP contribution in [0.5, 0.6) is 0 Å². The molecule has 0 amide bonds. The summed E-state index contributed by atoms with van der Waals surface area (Å²) in [5.74, 6) is 5.28. The quantitative estimate of drug-likeness (QED) is 0.0597. The zero-order valence-electron chi connectivity index (χ0n) is 86.2. The highest BCUT2D eigenvalue weighted by atomic mass is 16.7. The zero-order chi connectivity index (χ0) is 98.3. The number of fused-ring (bicyclic) bond motifs is 4. The van der Waals surface area contributed by atoms with Crippen molar-refractivity contribution < 1.29 is 111 Å². The van der Waals surface area contributed by atoms with Crippen molar-refractivity contribution in [3.8, 4) is 6.07 Å². The molecule has 24 nitrogen and oxygen atoms in total. The minimum atomic E-state index is -0.722. The Hall–Kier alpha value is -5.93. The van der Waals surface area contributed by atoms with E-state index in [9.17, 15) is 53.1 Å². The summed E-state index contributed by atoms with van der Waals surface area (Å²) in [6.07, 6.45) is 32.2. The number of nitrogens with zero attached hydrogens (tertiary/aromatic N) is 1. The Balaban J connectivity index is 0.000000171. The molecule has 20 aliphatic rings. The summed E-state index contributed by atoms with van der Waals surface area (Å²) < 4.78 is 56.8. The van der Waals surface area contributed by atoms with Gasteiger partial charge in [0.2, 0.25) is 0 Å². The van der Waals surface area contributed by atoms with E-state index in [0.717, 1.165) is 99.2 Å². The lowest BCUT2D eigenvalue weighted by Crippen LogP contribution is -2.61. The monoisotopic (exact) mass is 1840 g/mol. The molecule has 14 aliphatic carbocycles. The number of hydrogen-bond donors (Lipinski definition) is 3. The van der Waals surface area contributed by atoms with Crippen LogP contribution in [0.25, 0.3) is 0 Å². The lowest BCUT2D eigenvalue weighted by atomic mass is 9.46. The van der Waals surface area contributed by atoms with E-state index in [0.29, 0.717) is 62.7 Å². The van der Waals surface area contributed by atoms with Crippen LogP contribution in [0.1, 0.15) is 406 Å². The van der Waals surface area contributed by atoms with Crippen molar-refractivity contribution in [2.45, 2.75) is 484 Å². The number of carbonyl (C=O) groups excluding carboxylic acids is 8. The summed E-state index contributed by atoms with van der Waals surface area (Å²) in [4.78, 5) is 117. The average Bonchev–Trinajstić information content (AvgIpc) is 1.41. The Morgan fingerprint density at radius 1 is 0.366 bits per heavy atom. The summed E-state index contributed by atoms with van der Waals surface area (Å²) in [7, 11) is 0. The number of ether oxygens (including phenoxy) is 10. The van der Waals surface area contributed by atoms with Gasteiger partial charge in [-0.15, -0.1) is 0 Å². The van der Waals surface area contributed by atoms with Crippen molar-refractivity contribution in [2.75, 3.05) is 0 Å². The van der Waals surface area contributed by atoms with Gasteiger partial charge in [-0.1, -0.05) is 55.4 Å². The highest BCUT2D eigenvalue weighted by Crippen LogP contribution is 2.67. The van der Waals surface area contributed by atoms with E-state index in [1.54, 1.807) is 33.8 Å². The van der Waals surface area contributed by atoms with Crippen LogP contribution in [0.2, 0.25) is 0 Å². The second kappa shape index (κ2) is 41.0. The zero-order valence-corrected chi connectivity index (χ0v) is 86.2. The van der Waals surface area contributed by atoms with Crippen molar-refractivity contribution in [1.82, 2.24) is 0 Å². The Kier molecular flexibility index (Phi) is 34.0. The van der Waals surface area contributed by atoms with E-state index in [1.807, 2.05) is 125 Å². The van der Waals surface area contributed by atoms with Gasteiger partial charge in [0.05, 0.1) is 79.0 Å². The summed E-state index contributed by atoms with van der Waals surface area (Å²) in [6, 6.07) is 1.75. The Morgan fingerprint density at radius 3 is 0.924 bits per heavy atom. The molecule has 131 heavy (non-hydrogen) atoms. The number of carboxylic acids is 2. The van der Waals surface area contributed by atoms with E-state index in [2.05, 4.69) is 41.5 Å². The van der Waals surface area contributed by atoms with Crippen LogP contribution in [0, 0.1) is 136 Å². The van der Waals surface area contributed by atoms with E-state index in [4.69, 9.17) is 62.8 Å². The molecule has 14 saturated carbocycles. The smallest absolute Gasteiger partial charge is 0.312 e. The van der Waals surface area contributed by atoms with Crippen LogP contribution >= 0.6 is 0 Å². The normalized spacial score (nSPS) is 35.5. The van der Waals surface area contributed by atoms with Gasteiger partial charge in [0, 0.05) is 24.2 Å². The number of carbonyl (C=O) groups is 10. The fourth-order valence-electron chi connectivity index (χ4n) is 24.4. The van der Waals surface area contributed by atoms with Gasteiger partial charge in [-0.05, 0) is 397 Å². The molecular formula is C107H175NO23. The van der Waals surface area contributed by atoms with Gasteiger partial charge >= 0.3 is 59.7 Å². The molecule has 0 radical (unpaired) electrons. The fourth-order valence-corrected chi connectivity index (χ4v) is 24.4. The predicted molar refractivity (Wildman–Crippen MR) is 498 cm³/mol. The standard InChI is InChI=1S/2C19H32O2.C16H26O3.2C13H18O5.C13H22O2.2C6H12O2.C2H3N/c2*1-6-17(2,3)16(20)21-18(4,5)19-10-13-7-14(11-19)9-15(8-13)12-19;1-4-14(2,3)13(17)19-16-8-11-5-12(9-16)7-15(18,6-11)10-16;2*1-4-13(2,3)12(15)18-9-7-5-6-8(16-7)10(9)17-11(6)14;1-4-13(2,3)12(14)15-11-8-9-5-6-10(11)7-9;2*1-4-6(2,3)5(7)8;1-2-3/h2*13-15H,6-12H2,1-5H3;11-12,18H,4-10H2,1-3H3;2*6-10H,4-5H2,1-3H3;9-11H,4-8H2,1-3H3;2*4H2,1-3H3,(H,7,8);1H3. The third-order valence-electron chi connectivity index (χ3n) is 36.1. The Labute approximate surface area is 786 Å². The summed E-state index contributed by atoms with van der Waals surface area (Å²) in [6.45, 7) is 56.2. The molecule has 15 atom stereocenters. The number of esters is 8. The van der Waals surface area contributed by atoms with E-state index < -0.39 is 69.0 Å². The third kappa shape index (κ3) is 24.3. The molecule has 0 aromatic carbocycles. The minimum absolute atomic E-state index is 0.00236. The largest absolute Gasteiger partial charge is 0.481 e. The maximum Gasteiger partial charge on any atom is 0.312 e. The minimum Gasteiger partial charge on any atom is -0.481 e. The van der Waals surface area contributed by atoms with Crippen LogP contribution in [0.4, 0.5) is 0 Å². The molecule has 6 heterocycles. The number of hydrogen-bond acceptors (Lipinski definition) is 22. The van der Waals surface area contributed by atoms with Gasteiger partial charge in [0.1, 0.15) is 35.1 Å². The second-order valence-corrected chi connectivity index (χ2v) is 49.8. The molecule has 0 spiro atoms. The van der Waals surface area contributed by atoms with Crippen molar-refractivity contribution in [3.63, 3.8) is 0 Å². The summed E-state index contributed by atoms with van der Waals surface area (Å²) in [5.41, 5.74) is -4.58.